The van der Waals surface area contributed by atoms with Gasteiger partial charge in [0.2, 0.25) is 5.91 Å². The van der Waals surface area contributed by atoms with Crippen LogP contribution in [0, 0.1) is 3.57 Å². The number of hydrogen-bond donors (Lipinski definition) is 1. The van der Waals surface area contributed by atoms with Gasteiger partial charge in [-0.2, -0.15) is 0 Å². The third-order valence-corrected chi connectivity index (χ3v) is 4.18. The number of hydrogen-bond acceptors (Lipinski definition) is 2. The Balaban J connectivity index is 1.92. The Labute approximate surface area is 123 Å². The van der Waals surface area contributed by atoms with Crippen molar-refractivity contribution >= 4 is 50.1 Å². The molecule has 0 atom stereocenters. The van der Waals surface area contributed by atoms with Crippen molar-refractivity contribution in [3.05, 3.63) is 26.2 Å². The number of nitrogens with zero attached hydrogens (tertiary/aromatic N) is 1. The van der Waals surface area contributed by atoms with Crippen molar-refractivity contribution in [3.63, 3.8) is 0 Å². The van der Waals surface area contributed by atoms with Crippen LogP contribution in [0.25, 0.3) is 0 Å². The Hall–Kier alpha value is -0.300. The molecule has 1 aromatic carbocycles. The molecule has 0 unspecified atom stereocenters. The molecule has 17 heavy (non-hydrogen) atoms. The highest BCUT2D eigenvalue weighted by Crippen LogP contribution is 2.24. The summed E-state index contributed by atoms with van der Waals surface area (Å²) in [6.45, 7) is 2.20. The zero-order chi connectivity index (χ0) is 12.3. The number of halogens is 2. The van der Waals surface area contributed by atoms with E-state index in [4.69, 9.17) is 0 Å². The summed E-state index contributed by atoms with van der Waals surface area (Å²) in [6.07, 6.45) is 2.28. The van der Waals surface area contributed by atoms with Gasteiger partial charge in [-0.25, -0.2) is 0 Å². The maximum atomic E-state index is 11.9. The summed E-state index contributed by atoms with van der Waals surface area (Å²) in [5, 5.41) is 3.19. The van der Waals surface area contributed by atoms with Gasteiger partial charge >= 0.3 is 0 Å². The molecule has 1 heterocycles. The van der Waals surface area contributed by atoms with Crippen LogP contribution in [0.3, 0.4) is 0 Å². The number of anilines is 1. The van der Waals surface area contributed by atoms with Crippen molar-refractivity contribution in [1.29, 1.82) is 0 Å². The zero-order valence-corrected chi connectivity index (χ0v) is 13.1. The van der Waals surface area contributed by atoms with E-state index in [1.165, 1.54) is 0 Å². The third-order valence-electron chi connectivity index (χ3n) is 2.82. The van der Waals surface area contributed by atoms with Gasteiger partial charge < -0.3 is 10.2 Å². The topological polar surface area (TPSA) is 32.3 Å². The molecule has 92 valence electrons. The Morgan fingerprint density at radius 2 is 2.12 bits per heavy atom. The smallest absolute Gasteiger partial charge is 0.241 e. The highest BCUT2D eigenvalue weighted by molar-refractivity contribution is 14.1. The van der Waals surface area contributed by atoms with Gasteiger partial charge in [-0.05, 0) is 69.6 Å². The molecule has 1 aromatic rings. The quantitative estimate of drug-likeness (QED) is 0.779. The van der Waals surface area contributed by atoms with Crippen molar-refractivity contribution in [1.82, 2.24) is 4.90 Å². The fraction of sp³-hybridized carbons (Fsp3) is 0.417. The fourth-order valence-corrected chi connectivity index (χ4v) is 2.76. The molecule has 0 aromatic heterocycles. The molecule has 0 saturated carbocycles. The molecule has 1 amide bonds. The number of likely N-dealkylation sites (tertiary alicyclic amines) is 1. The number of nitrogens with one attached hydrogen (secondary N) is 1. The monoisotopic (exact) mass is 408 g/mol. The molecule has 1 saturated heterocycles. The molecular formula is C12H14BrIN2O. The number of rotatable bonds is 3. The average Bonchev–Trinajstić information content (AvgIpc) is 2.83. The molecule has 1 aliphatic heterocycles. The van der Waals surface area contributed by atoms with Crippen LogP contribution < -0.4 is 5.32 Å². The van der Waals surface area contributed by atoms with Crippen molar-refractivity contribution in [2.45, 2.75) is 12.8 Å². The SMILES string of the molecule is O=C(CNc1cc(I)ccc1Br)N1CCCC1. The standard InChI is InChI=1S/C12H14BrIN2O/c13-10-4-3-9(14)7-11(10)15-8-12(17)16-5-1-2-6-16/h3-4,7,15H,1-2,5-6,8H2. The minimum Gasteiger partial charge on any atom is -0.375 e. The third kappa shape index (κ3) is 3.58. The molecule has 1 fully saturated rings. The van der Waals surface area contributed by atoms with Gasteiger partial charge in [0.05, 0.1) is 6.54 Å². The van der Waals surface area contributed by atoms with E-state index in [-0.39, 0.29) is 5.91 Å². The number of amides is 1. The molecule has 2 rings (SSSR count). The first kappa shape index (κ1) is 13.1. The fourth-order valence-electron chi connectivity index (χ4n) is 1.88. The second kappa shape index (κ2) is 6.04. The molecule has 1 N–H and O–H groups in total. The molecule has 3 nitrogen and oxygen atoms in total. The zero-order valence-electron chi connectivity index (χ0n) is 9.38. The normalized spacial score (nSPS) is 15.1. The van der Waals surface area contributed by atoms with Crippen LogP contribution in [0.4, 0.5) is 5.69 Å². The van der Waals surface area contributed by atoms with E-state index in [9.17, 15) is 4.79 Å². The Morgan fingerprint density at radius 3 is 2.82 bits per heavy atom. The summed E-state index contributed by atoms with van der Waals surface area (Å²) >= 11 is 5.73. The van der Waals surface area contributed by atoms with E-state index in [2.05, 4.69) is 43.8 Å². The maximum Gasteiger partial charge on any atom is 0.241 e. The Morgan fingerprint density at radius 1 is 1.41 bits per heavy atom. The van der Waals surface area contributed by atoms with Crippen molar-refractivity contribution < 1.29 is 4.79 Å². The number of carbonyl (C=O) groups excluding carboxylic acids is 1. The molecule has 0 bridgehead atoms. The lowest BCUT2D eigenvalue weighted by molar-refractivity contribution is -0.128. The van der Waals surface area contributed by atoms with Crippen molar-refractivity contribution in [2.24, 2.45) is 0 Å². The van der Waals surface area contributed by atoms with Crippen molar-refractivity contribution in [2.75, 3.05) is 25.0 Å². The Kier molecular flexibility index (Phi) is 4.67. The number of benzene rings is 1. The summed E-state index contributed by atoms with van der Waals surface area (Å²) in [5.74, 6) is 0.188. The van der Waals surface area contributed by atoms with Gasteiger partial charge in [0.15, 0.2) is 0 Å². The largest absolute Gasteiger partial charge is 0.375 e. The molecule has 0 radical (unpaired) electrons. The minimum absolute atomic E-state index is 0.188. The molecule has 1 aliphatic rings. The second-order valence-corrected chi connectivity index (χ2v) is 6.17. The molecule has 0 spiro atoms. The van der Waals surface area contributed by atoms with Crippen molar-refractivity contribution in [3.8, 4) is 0 Å². The highest BCUT2D eigenvalue weighted by atomic mass is 127. The summed E-state index contributed by atoms with van der Waals surface area (Å²) in [4.78, 5) is 13.8. The van der Waals surface area contributed by atoms with E-state index >= 15 is 0 Å². The van der Waals surface area contributed by atoms with Gasteiger partial charge in [0.25, 0.3) is 0 Å². The summed E-state index contributed by atoms with van der Waals surface area (Å²) < 4.78 is 2.15. The van der Waals surface area contributed by atoms with E-state index < -0.39 is 0 Å². The van der Waals surface area contributed by atoms with Crippen LogP contribution in [0.2, 0.25) is 0 Å². The first-order valence-electron chi connectivity index (χ1n) is 5.63. The number of carbonyl (C=O) groups is 1. The van der Waals surface area contributed by atoms with Crippen LogP contribution in [0.5, 0.6) is 0 Å². The molecule has 5 heteroatoms. The van der Waals surface area contributed by atoms with Crippen LogP contribution >= 0.6 is 38.5 Å². The first-order chi connectivity index (χ1) is 8.16. The molecule has 0 aliphatic carbocycles. The maximum absolute atomic E-state index is 11.9. The van der Waals surface area contributed by atoms with E-state index in [0.717, 1.165) is 39.7 Å². The van der Waals surface area contributed by atoms with Gasteiger partial charge in [-0.15, -0.1) is 0 Å². The molecular weight excluding hydrogens is 395 g/mol. The van der Waals surface area contributed by atoms with Gasteiger partial charge in [0.1, 0.15) is 0 Å². The van der Waals surface area contributed by atoms with Gasteiger partial charge in [-0.3, -0.25) is 4.79 Å². The van der Waals surface area contributed by atoms with Crippen LogP contribution in [0.15, 0.2) is 22.7 Å². The van der Waals surface area contributed by atoms with Crippen LogP contribution in [0.1, 0.15) is 12.8 Å². The van der Waals surface area contributed by atoms with E-state index in [0.29, 0.717) is 6.54 Å². The lowest BCUT2D eigenvalue weighted by Gasteiger charge is -2.16. The predicted molar refractivity (Wildman–Crippen MR) is 81.2 cm³/mol. The predicted octanol–water partition coefficient (Wildman–Crippen LogP) is 3.09. The van der Waals surface area contributed by atoms with Crippen LogP contribution in [-0.2, 0) is 4.79 Å². The van der Waals surface area contributed by atoms with Crippen LogP contribution in [-0.4, -0.2) is 30.4 Å². The highest BCUT2D eigenvalue weighted by Gasteiger charge is 2.17. The summed E-state index contributed by atoms with van der Waals surface area (Å²) in [5.41, 5.74) is 0.976. The van der Waals surface area contributed by atoms with E-state index in [1.54, 1.807) is 0 Å². The second-order valence-electron chi connectivity index (χ2n) is 4.07. The average molecular weight is 409 g/mol. The minimum atomic E-state index is 0.188. The van der Waals surface area contributed by atoms with Gasteiger partial charge in [0, 0.05) is 26.8 Å². The summed E-state index contributed by atoms with van der Waals surface area (Å²) in [6, 6.07) is 6.05. The summed E-state index contributed by atoms with van der Waals surface area (Å²) in [7, 11) is 0. The lowest BCUT2D eigenvalue weighted by atomic mass is 10.3. The Bertz CT molecular complexity index is 419. The van der Waals surface area contributed by atoms with Gasteiger partial charge in [-0.1, -0.05) is 0 Å². The first-order valence-corrected chi connectivity index (χ1v) is 7.51. The lowest BCUT2D eigenvalue weighted by Crippen LogP contribution is -2.33. The van der Waals surface area contributed by atoms with E-state index in [1.807, 2.05) is 23.1 Å².